The Labute approximate surface area is 156 Å². The van der Waals surface area contributed by atoms with Crippen molar-refractivity contribution in [2.75, 3.05) is 13.1 Å². The number of aliphatic imine (C=N–C) groups is 1. The standard InChI is InChI=1S/C17H28N4O.HI/c1-5-18-17(19-11-10-16(22)21-13(2)3)20-12-15-9-7-6-8-14(15)4;/h6-9,13H,5,10-12H2,1-4H3,(H,21,22)(H2,18,19,20);1H. The number of aryl methyl sites for hydroxylation is 1. The highest BCUT2D eigenvalue weighted by atomic mass is 127. The quantitative estimate of drug-likeness (QED) is 0.353. The second-order valence-corrected chi connectivity index (χ2v) is 5.52. The number of amides is 1. The first-order valence-electron chi connectivity index (χ1n) is 7.89. The van der Waals surface area contributed by atoms with Crippen molar-refractivity contribution in [1.82, 2.24) is 16.0 Å². The third-order valence-corrected chi connectivity index (χ3v) is 3.11. The highest BCUT2D eigenvalue weighted by molar-refractivity contribution is 14.0. The first kappa shape index (κ1) is 21.7. The predicted octanol–water partition coefficient (Wildman–Crippen LogP) is 2.58. The van der Waals surface area contributed by atoms with Gasteiger partial charge in [0.25, 0.3) is 0 Å². The molecule has 0 saturated carbocycles. The van der Waals surface area contributed by atoms with E-state index in [4.69, 9.17) is 0 Å². The number of carbonyl (C=O) groups is 1. The van der Waals surface area contributed by atoms with E-state index in [0.717, 1.165) is 12.5 Å². The summed E-state index contributed by atoms with van der Waals surface area (Å²) in [5, 5.41) is 9.26. The van der Waals surface area contributed by atoms with Crippen molar-refractivity contribution < 1.29 is 4.79 Å². The molecule has 1 aromatic rings. The Kier molecular flexibility index (Phi) is 11.5. The van der Waals surface area contributed by atoms with Crippen LogP contribution in [0.2, 0.25) is 0 Å². The van der Waals surface area contributed by atoms with Crippen LogP contribution in [-0.4, -0.2) is 31.0 Å². The molecule has 0 saturated heterocycles. The minimum absolute atomic E-state index is 0. The van der Waals surface area contributed by atoms with Gasteiger partial charge in [-0.3, -0.25) is 4.79 Å². The second kappa shape index (κ2) is 12.2. The van der Waals surface area contributed by atoms with Gasteiger partial charge >= 0.3 is 0 Å². The fraction of sp³-hybridized carbons (Fsp3) is 0.529. The van der Waals surface area contributed by atoms with Gasteiger partial charge in [0.1, 0.15) is 0 Å². The lowest BCUT2D eigenvalue weighted by Crippen LogP contribution is -2.40. The smallest absolute Gasteiger partial charge is 0.221 e. The average molecular weight is 432 g/mol. The molecule has 0 unspecified atom stereocenters. The van der Waals surface area contributed by atoms with Gasteiger partial charge in [-0.15, -0.1) is 24.0 Å². The Hall–Kier alpha value is -1.31. The maximum atomic E-state index is 11.6. The number of carbonyl (C=O) groups excluding carboxylic acids is 1. The van der Waals surface area contributed by atoms with Crippen LogP contribution in [0.5, 0.6) is 0 Å². The van der Waals surface area contributed by atoms with Crippen molar-refractivity contribution in [2.45, 2.75) is 46.7 Å². The molecular weight excluding hydrogens is 403 g/mol. The van der Waals surface area contributed by atoms with Crippen LogP contribution in [0.3, 0.4) is 0 Å². The van der Waals surface area contributed by atoms with Crippen LogP contribution in [0.4, 0.5) is 0 Å². The fourth-order valence-corrected chi connectivity index (χ4v) is 1.98. The largest absolute Gasteiger partial charge is 0.357 e. The summed E-state index contributed by atoms with van der Waals surface area (Å²) in [6.07, 6.45) is 0.437. The molecule has 1 rings (SSSR count). The maximum Gasteiger partial charge on any atom is 0.221 e. The predicted molar refractivity (Wildman–Crippen MR) is 107 cm³/mol. The molecular formula is C17H29IN4O. The van der Waals surface area contributed by atoms with E-state index < -0.39 is 0 Å². The summed E-state index contributed by atoms with van der Waals surface area (Å²) >= 11 is 0. The van der Waals surface area contributed by atoms with Crippen molar-refractivity contribution >= 4 is 35.8 Å². The zero-order chi connectivity index (χ0) is 16.4. The molecule has 3 N–H and O–H groups in total. The van der Waals surface area contributed by atoms with E-state index in [9.17, 15) is 4.79 Å². The normalized spacial score (nSPS) is 10.9. The van der Waals surface area contributed by atoms with Gasteiger partial charge in [-0.25, -0.2) is 4.99 Å². The molecule has 0 radical (unpaired) electrons. The van der Waals surface area contributed by atoms with Gasteiger partial charge in [0, 0.05) is 25.6 Å². The van der Waals surface area contributed by atoms with Gasteiger partial charge in [0.05, 0.1) is 6.54 Å². The number of hydrogen-bond donors (Lipinski definition) is 3. The topological polar surface area (TPSA) is 65.5 Å². The van der Waals surface area contributed by atoms with Gasteiger partial charge in [0.15, 0.2) is 5.96 Å². The summed E-state index contributed by atoms with van der Waals surface area (Å²) in [6, 6.07) is 8.39. The highest BCUT2D eigenvalue weighted by Crippen LogP contribution is 2.07. The second-order valence-electron chi connectivity index (χ2n) is 5.52. The molecule has 0 fully saturated rings. The minimum atomic E-state index is 0. The lowest BCUT2D eigenvalue weighted by atomic mass is 10.1. The maximum absolute atomic E-state index is 11.6. The van der Waals surface area contributed by atoms with Crippen molar-refractivity contribution in [3.8, 4) is 0 Å². The number of guanidine groups is 1. The van der Waals surface area contributed by atoms with E-state index in [1.165, 1.54) is 11.1 Å². The SMILES string of the molecule is CCNC(=NCc1ccccc1C)NCCC(=O)NC(C)C.I. The molecule has 0 aromatic heterocycles. The summed E-state index contributed by atoms with van der Waals surface area (Å²) in [6.45, 7) is 10.0. The molecule has 6 heteroatoms. The summed E-state index contributed by atoms with van der Waals surface area (Å²) < 4.78 is 0. The van der Waals surface area contributed by atoms with Gasteiger partial charge < -0.3 is 16.0 Å². The van der Waals surface area contributed by atoms with Crippen molar-refractivity contribution in [2.24, 2.45) is 4.99 Å². The molecule has 5 nitrogen and oxygen atoms in total. The first-order chi connectivity index (χ1) is 10.5. The van der Waals surface area contributed by atoms with Crippen LogP contribution in [0.25, 0.3) is 0 Å². The molecule has 23 heavy (non-hydrogen) atoms. The van der Waals surface area contributed by atoms with Gasteiger partial charge in [-0.2, -0.15) is 0 Å². The molecule has 0 aliphatic rings. The first-order valence-corrected chi connectivity index (χ1v) is 7.89. The zero-order valence-corrected chi connectivity index (χ0v) is 16.8. The number of nitrogens with zero attached hydrogens (tertiary/aromatic N) is 1. The lowest BCUT2D eigenvalue weighted by Gasteiger charge is -2.12. The third kappa shape index (κ3) is 9.43. The van der Waals surface area contributed by atoms with E-state index in [1.807, 2.05) is 32.9 Å². The molecule has 0 bridgehead atoms. The molecule has 0 spiro atoms. The van der Waals surface area contributed by atoms with Crippen LogP contribution in [0.1, 0.15) is 38.3 Å². The molecule has 130 valence electrons. The summed E-state index contributed by atoms with van der Waals surface area (Å²) in [5.41, 5.74) is 2.44. The van der Waals surface area contributed by atoms with Gasteiger partial charge in [0.2, 0.25) is 5.91 Å². The highest BCUT2D eigenvalue weighted by Gasteiger charge is 2.04. The number of rotatable bonds is 7. The van der Waals surface area contributed by atoms with Gasteiger partial charge in [-0.05, 0) is 38.8 Å². The Morgan fingerprint density at radius 1 is 1.22 bits per heavy atom. The Morgan fingerprint density at radius 3 is 2.52 bits per heavy atom. The van der Waals surface area contributed by atoms with Crippen LogP contribution in [0, 0.1) is 6.92 Å². The van der Waals surface area contributed by atoms with Crippen LogP contribution >= 0.6 is 24.0 Å². The van der Waals surface area contributed by atoms with E-state index in [0.29, 0.717) is 19.5 Å². The number of halogens is 1. The molecule has 0 atom stereocenters. The summed E-state index contributed by atoms with van der Waals surface area (Å²) in [4.78, 5) is 16.2. The number of benzene rings is 1. The van der Waals surface area contributed by atoms with E-state index in [2.05, 4.69) is 40.0 Å². The zero-order valence-electron chi connectivity index (χ0n) is 14.5. The van der Waals surface area contributed by atoms with E-state index in [1.54, 1.807) is 0 Å². The summed E-state index contributed by atoms with van der Waals surface area (Å²) in [5.74, 6) is 0.792. The van der Waals surface area contributed by atoms with Gasteiger partial charge in [-0.1, -0.05) is 24.3 Å². The van der Waals surface area contributed by atoms with E-state index in [-0.39, 0.29) is 35.9 Å². The van der Waals surface area contributed by atoms with E-state index >= 15 is 0 Å². The molecule has 1 amide bonds. The van der Waals surface area contributed by atoms with Crippen LogP contribution in [-0.2, 0) is 11.3 Å². The van der Waals surface area contributed by atoms with Crippen molar-refractivity contribution in [3.05, 3.63) is 35.4 Å². The van der Waals surface area contributed by atoms with Crippen LogP contribution in [0.15, 0.2) is 29.3 Å². The fourth-order valence-electron chi connectivity index (χ4n) is 1.98. The number of nitrogens with one attached hydrogen (secondary N) is 3. The molecule has 0 heterocycles. The molecule has 0 aliphatic heterocycles. The minimum Gasteiger partial charge on any atom is -0.357 e. The third-order valence-electron chi connectivity index (χ3n) is 3.11. The Bertz CT molecular complexity index is 503. The molecule has 0 aliphatic carbocycles. The van der Waals surface area contributed by atoms with Crippen molar-refractivity contribution in [1.29, 1.82) is 0 Å². The Balaban J connectivity index is 0.00000484. The lowest BCUT2D eigenvalue weighted by molar-refractivity contribution is -0.121. The average Bonchev–Trinajstić information content (AvgIpc) is 2.45. The monoisotopic (exact) mass is 432 g/mol. The van der Waals surface area contributed by atoms with Crippen LogP contribution < -0.4 is 16.0 Å². The summed E-state index contributed by atoms with van der Waals surface area (Å²) in [7, 11) is 0. The van der Waals surface area contributed by atoms with Crippen molar-refractivity contribution in [3.63, 3.8) is 0 Å². The number of hydrogen-bond acceptors (Lipinski definition) is 2. The Morgan fingerprint density at radius 2 is 1.91 bits per heavy atom. The molecule has 1 aromatic carbocycles.